The van der Waals surface area contributed by atoms with Crippen LogP contribution in [0, 0.1) is 0 Å². The van der Waals surface area contributed by atoms with Crippen LogP contribution < -0.4 is 16.0 Å². The van der Waals surface area contributed by atoms with Gasteiger partial charge in [-0.2, -0.15) is 0 Å². The number of nitrogens with zero attached hydrogens (tertiary/aromatic N) is 1. The fourth-order valence-electron chi connectivity index (χ4n) is 1.29. The van der Waals surface area contributed by atoms with Crippen LogP contribution in [-0.2, 0) is 4.74 Å². The van der Waals surface area contributed by atoms with Crippen molar-refractivity contribution < 1.29 is 9.53 Å². The first-order valence-corrected chi connectivity index (χ1v) is 6.99. The number of aliphatic imine (C=N–C) groups is 1. The van der Waals surface area contributed by atoms with Crippen molar-refractivity contribution in [3.8, 4) is 0 Å². The summed E-state index contributed by atoms with van der Waals surface area (Å²) in [6, 6.07) is 0. The molecule has 6 nitrogen and oxygen atoms in total. The van der Waals surface area contributed by atoms with Crippen LogP contribution in [0.1, 0.15) is 34.1 Å². The lowest BCUT2D eigenvalue weighted by Gasteiger charge is -2.19. The van der Waals surface area contributed by atoms with E-state index in [-0.39, 0.29) is 0 Å². The molecule has 0 spiro atoms. The average Bonchev–Trinajstić information content (AvgIpc) is 2.33. The summed E-state index contributed by atoms with van der Waals surface area (Å²) in [6.45, 7) is 13.8. The lowest BCUT2D eigenvalue weighted by atomic mass is 10.2. The fourth-order valence-corrected chi connectivity index (χ4v) is 1.29. The molecule has 0 aromatic heterocycles. The first kappa shape index (κ1) is 18.3. The lowest BCUT2D eigenvalue weighted by molar-refractivity contribution is 0.0527. The van der Waals surface area contributed by atoms with Crippen molar-refractivity contribution in [3.05, 3.63) is 12.7 Å². The quantitative estimate of drug-likeness (QED) is 0.287. The van der Waals surface area contributed by atoms with Crippen LogP contribution in [0.4, 0.5) is 4.79 Å². The highest BCUT2D eigenvalue weighted by molar-refractivity contribution is 5.79. The van der Waals surface area contributed by atoms with Crippen molar-refractivity contribution in [2.24, 2.45) is 4.99 Å². The highest BCUT2D eigenvalue weighted by atomic mass is 16.6. The van der Waals surface area contributed by atoms with Gasteiger partial charge in [-0.25, -0.2) is 4.79 Å². The molecule has 0 saturated heterocycles. The molecule has 0 aliphatic rings. The van der Waals surface area contributed by atoms with Gasteiger partial charge in [-0.15, -0.1) is 6.58 Å². The van der Waals surface area contributed by atoms with E-state index in [1.165, 1.54) is 0 Å². The Kier molecular flexibility index (Phi) is 9.24. The molecule has 0 radical (unpaired) electrons. The number of hydrogen-bond donors (Lipinski definition) is 3. The van der Waals surface area contributed by atoms with Crippen LogP contribution in [0.15, 0.2) is 17.6 Å². The van der Waals surface area contributed by atoms with Gasteiger partial charge in [0.25, 0.3) is 0 Å². The molecule has 1 amide bonds. The Morgan fingerprint density at radius 3 is 2.55 bits per heavy atom. The predicted molar refractivity (Wildman–Crippen MR) is 83.0 cm³/mol. The van der Waals surface area contributed by atoms with E-state index in [2.05, 4.69) is 27.5 Å². The van der Waals surface area contributed by atoms with Gasteiger partial charge in [0.2, 0.25) is 0 Å². The molecule has 0 saturated carbocycles. The SMILES string of the molecule is C=CCNC(=NCCCNC(=O)OC(C)(C)C)NCC. The van der Waals surface area contributed by atoms with E-state index in [1.807, 2.05) is 27.7 Å². The van der Waals surface area contributed by atoms with E-state index in [0.29, 0.717) is 19.6 Å². The summed E-state index contributed by atoms with van der Waals surface area (Å²) in [5.74, 6) is 0.754. The minimum absolute atomic E-state index is 0.391. The largest absolute Gasteiger partial charge is 0.444 e. The van der Waals surface area contributed by atoms with Gasteiger partial charge in [-0.1, -0.05) is 6.08 Å². The van der Waals surface area contributed by atoms with Crippen molar-refractivity contribution >= 4 is 12.1 Å². The molecule has 0 fully saturated rings. The van der Waals surface area contributed by atoms with Crippen LogP contribution >= 0.6 is 0 Å². The molecule has 0 aromatic carbocycles. The number of alkyl carbamates (subject to hydrolysis) is 1. The molecular formula is C14H28N4O2. The van der Waals surface area contributed by atoms with Crippen LogP contribution in [-0.4, -0.2) is 43.8 Å². The number of hydrogen-bond acceptors (Lipinski definition) is 3. The monoisotopic (exact) mass is 284 g/mol. The van der Waals surface area contributed by atoms with Crippen molar-refractivity contribution in [1.82, 2.24) is 16.0 Å². The zero-order valence-electron chi connectivity index (χ0n) is 13.1. The number of rotatable bonds is 7. The Morgan fingerprint density at radius 2 is 2.00 bits per heavy atom. The molecule has 20 heavy (non-hydrogen) atoms. The second kappa shape index (κ2) is 10.1. The van der Waals surface area contributed by atoms with Gasteiger partial charge >= 0.3 is 6.09 Å². The molecule has 116 valence electrons. The van der Waals surface area contributed by atoms with E-state index in [4.69, 9.17) is 4.74 Å². The average molecular weight is 284 g/mol. The molecular weight excluding hydrogens is 256 g/mol. The number of amides is 1. The summed E-state index contributed by atoms with van der Waals surface area (Å²) in [4.78, 5) is 15.8. The Bertz CT molecular complexity index is 322. The van der Waals surface area contributed by atoms with Gasteiger partial charge in [-0.05, 0) is 34.1 Å². The van der Waals surface area contributed by atoms with E-state index in [1.54, 1.807) is 6.08 Å². The first-order chi connectivity index (χ1) is 9.39. The number of carbonyl (C=O) groups excluding carboxylic acids is 1. The molecule has 6 heteroatoms. The summed E-state index contributed by atoms with van der Waals surface area (Å²) >= 11 is 0. The second-order valence-electron chi connectivity index (χ2n) is 5.21. The second-order valence-corrected chi connectivity index (χ2v) is 5.21. The highest BCUT2D eigenvalue weighted by Gasteiger charge is 2.15. The molecule has 0 rings (SSSR count). The van der Waals surface area contributed by atoms with Gasteiger partial charge in [0.1, 0.15) is 5.60 Å². The minimum Gasteiger partial charge on any atom is -0.444 e. The maximum Gasteiger partial charge on any atom is 0.407 e. The summed E-state index contributed by atoms with van der Waals surface area (Å²) < 4.78 is 5.14. The number of nitrogens with one attached hydrogen (secondary N) is 3. The van der Waals surface area contributed by atoms with Crippen LogP contribution in [0.2, 0.25) is 0 Å². The van der Waals surface area contributed by atoms with Gasteiger partial charge in [0.15, 0.2) is 5.96 Å². The zero-order chi connectivity index (χ0) is 15.4. The molecule has 0 aromatic rings. The van der Waals surface area contributed by atoms with Crippen LogP contribution in [0.3, 0.4) is 0 Å². The molecule has 0 aliphatic carbocycles. The van der Waals surface area contributed by atoms with E-state index in [9.17, 15) is 4.79 Å². The maximum atomic E-state index is 11.4. The van der Waals surface area contributed by atoms with Crippen molar-refractivity contribution in [1.29, 1.82) is 0 Å². The molecule has 3 N–H and O–H groups in total. The van der Waals surface area contributed by atoms with Crippen molar-refractivity contribution in [3.63, 3.8) is 0 Å². The third-order valence-corrected chi connectivity index (χ3v) is 2.03. The van der Waals surface area contributed by atoms with Gasteiger partial charge in [-0.3, -0.25) is 4.99 Å². The van der Waals surface area contributed by atoms with E-state index >= 15 is 0 Å². The van der Waals surface area contributed by atoms with E-state index < -0.39 is 11.7 Å². The maximum absolute atomic E-state index is 11.4. The topological polar surface area (TPSA) is 74.8 Å². The standard InChI is InChI=1S/C14H28N4O2/c1-6-9-16-12(15-7-2)17-10-8-11-18-13(19)20-14(3,4)5/h6H,1,7-11H2,2-5H3,(H,18,19)(H2,15,16,17). The highest BCUT2D eigenvalue weighted by Crippen LogP contribution is 2.06. The molecule has 0 aliphatic heterocycles. The summed E-state index contributed by atoms with van der Waals surface area (Å²) in [5.41, 5.74) is -0.463. The third-order valence-electron chi connectivity index (χ3n) is 2.03. The Hall–Kier alpha value is -1.72. The summed E-state index contributed by atoms with van der Waals surface area (Å²) in [7, 11) is 0. The van der Waals surface area contributed by atoms with Crippen LogP contribution in [0.5, 0.6) is 0 Å². The van der Waals surface area contributed by atoms with Crippen LogP contribution in [0.25, 0.3) is 0 Å². The molecule has 0 heterocycles. The lowest BCUT2D eigenvalue weighted by Crippen LogP contribution is -2.37. The normalized spacial score (nSPS) is 11.7. The molecule has 0 bridgehead atoms. The van der Waals surface area contributed by atoms with Gasteiger partial charge < -0.3 is 20.7 Å². The smallest absolute Gasteiger partial charge is 0.407 e. The number of ether oxygens (including phenoxy) is 1. The molecule has 0 unspecified atom stereocenters. The van der Waals surface area contributed by atoms with Crippen molar-refractivity contribution in [2.75, 3.05) is 26.2 Å². The predicted octanol–water partition coefficient (Wildman–Crippen LogP) is 1.64. The summed E-state index contributed by atoms with van der Waals surface area (Å²) in [5, 5.41) is 8.94. The minimum atomic E-state index is -0.463. The van der Waals surface area contributed by atoms with Crippen molar-refractivity contribution in [2.45, 2.75) is 39.7 Å². The van der Waals surface area contributed by atoms with E-state index in [0.717, 1.165) is 18.9 Å². The third kappa shape index (κ3) is 11.4. The van der Waals surface area contributed by atoms with Gasteiger partial charge in [0.05, 0.1) is 0 Å². The Labute approximate surface area is 122 Å². The number of guanidine groups is 1. The number of carbonyl (C=O) groups is 1. The zero-order valence-corrected chi connectivity index (χ0v) is 13.1. The fraction of sp³-hybridized carbons (Fsp3) is 0.714. The molecule has 0 atom stereocenters. The Balaban J connectivity index is 3.86. The summed E-state index contributed by atoms with van der Waals surface area (Å²) in [6.07, 6.45) is 2.14. The van der Waals surface area contributed by atoms with Gasteiger partial charge in [0, 0.05) is 26.2 Å². The first-order valence-electron chi connectivity index (χ1n) is 6.99. The Morgan fingerprint density at radius 1 is 1.30 bits per heavy atom.